The normalized spacial score (nSPS) is 17.7. The average Bonchev–Trinajstić information content (AvgIpc) is 2.91. The molecule has 1 saturated heterocycles. The van der Waals surface area contributed by atoms with Crippen LogP contribution in [-0.4, -0.2) is 29.9 Å². The molecular formula is C18H22ClN3O3. The Labute approximate surface area is 151 Å². The van der Waals surface area contributed by atoms with Crippen LogP contribution in [0.1, 0.15) is 31.1 Å². The van der Waals surface area contributed by atoms with E-state index < -0.39 is 0 Å². The van der Waals surface area contributed by atoms with Crippen LogP contribution < -0.4 is 11.1 Å². The third-order valence-electron chi connectivity index (χ3n) is 4.77. The van der Waals surface area contributed by atoms with E-state index in [4.69, 9.17) is 21.8 Å². The maximum absolute atomic E-state index is 12.6. The molecular weight excluding hydrogens is 342 g/mol. The minimum atomic E-state index is -0.364. The van der Waals surface area contributed by atoms with Crippen LogP contribution in [0, 0.1) is 12.8 Å². The zero-order valence-corrected chi connectivity index (χ0v) is 15.2. The first kappa shape index (κ1) is 17.6. The molecule has 1 fully saturated rings. The average molecular weight is 364 g/mol. The van der Waals surface area contributed by atoms with Gasteiger partial charge in [-0.25, -0.2) is 4.79 Å². The van der Waals surface area contributed by atoms with Crippen molar-refractivity contribution in [2.24, 2.45) is 11.7 Å². The van der Waals surface area contributed by atoms with Crippen molar-refractivity contribution >= 4 is 40.2 Å². The number of benzene rings is 1. The molecule has 134 valence electrons. The van der Waals surface area contributed by atoms with Crippen molar-refractivity contribution < 1.29 is 14.0 Å². The van der Waals surface area contributed by atoms with Crippen molar-refractivity contribution in [1.82, 2.24) is 4.90 Å². The van der Waals surface area contributed by atoms with Gasteiger partial charge in [-0.1, -0.05) is 18.5 Å². The molecule has 2 heterocycles. The molecule has 0 bridgehead atoms. The number of hydrogen-bond acceptors (Lipinski definition) is 3. The number of anilines is 1. The van der Waals surface area contributed by atoms with Crippen molar-refractivity contribution in [3.8, 4) is 0 Å². The smallest absolute Gasteiger partial charge is 0.321 e. The standard InChI is InChI=1S/C18H22ClN3O3/c1-3-15-10(2)13-7-12(19)8-14(16(13)25-15)21-18(24)22-6-4-5-11(9-22)17(20)23/h7-8,11H,3-6,9H2,1-2H3,(H2,20,23)(H,21,24)/t11-/m0/s1. The number of primary amides is 1. The number of carbonyl (C=O) groups excluding carboxylic acids is 2. The fourth-order valence-corrected chi connectivity index (χ4v) is 3.57. The van der Waals surface area contributed by atoms with Gasteiger partial charge in [-0.3, -0.25) is 4.79 Å². The van der Waals surface area contributed by atoms with Crippen molar-refractivity contribution in [2.75, 3.05) is 18.4 Å². The molecule has 1 aliphatic heterocycles. The van der Waals surface area contributed by atoms with Crippen LogP contribution in [0.3, 0.4) is 0 Å². The Balaban J connectivity index is 1.87. The van der Waals surface area contributed by atoms with E-state index in [-0.39, 0.29) is 17.9 Å². The number of aryl methyl sites for hydroxylation is 2. The van der Waals surface area contributed by atoms with Crippen LogP contribution in [0.15, 0.2) is 16.5 Å². The number of furan rings is 1. The molecule has 1 aliphatic rings. The number of rotatable bonds is 3. The van der Waals surface area contributed by atoms with E-state index in [1.807, 2.05) is 19.9 Å². The number of likely N-dealkylation sites (tertiary alicyclic amines) is 1. The highest BCUT2D eigenvalue weighted by atomic mass is 35.5. The molecule has 1 atom stereocenters. The number of fused-ring (bicyclic) bond motifs is 1. The Hall–Kier alpha value is -2.21. The SMILES string of the molecule is CCc1oc2c(NC(=O)N3CCC[C@H](C(N)=O)C3)cc(Cl)cc2c1C. The van der Waals surface area contributed by atoms with Crippen LogP contribution >= 0.6 is 11.6 Å². The lowest BCUT2D eigenvalue weighted by molar-refractivity contribution is -0.123. The van der Waals surface area contributed by atoms with Gasteiger partial charge in [0.05, 0.1) is 11.6 Å². The summed E-state index contributed by atoms with van der Waals surface area (Å²) in [6.07, 6.45) is 2.24. The third kappa shape index (κ3) is 3.44. The van der Waals surface area contributed by atoms with E-state index >= 15 is 0 Å². The zero-order valence-electron chi connectivity index (χ0n) is 14.4. The van der Waals surface area contributed by atoms with Crippen LogP contribution in [0.4, 0.5) is 10.5 Å². The zero-order chi connectivity index (χ0) is 18.1. The topological polar surface area (TPSA) is 88.6 Å². The third-order valence-corrected chi connectivity index (χ3v) is 4.99. The molecule has 0 radical (unpaired) electrons. The Kier molecular flexibility index (Phi) is 4.90. The molecule has 6 nitrogen and oxygen atoms in total. The number of nitrogens with zero attached hydrogens (tertiary/aromatic N) is 1. The molecule has 0 saturated carbocycles. The summed E-state index contributed by atoms with van der Waals surface area (Å²) in [5.74, 6) is 0.216. The van der Waals surface area contributed by atoms with Crippen LogP contribution in [0.5, 0.6) is 0 Å². The van der Waals surface area contributed by atoms with Crippen LogP contribution in [0.25, 0.3) is 11.0 Å². The van der Waals surface area contributed by atoms with Crippen molar-refractivity contribution in [3.05, 3.63) is 28.5 Å². The van der Waals surface area contributed by atoms with Crippen molar-refractivity contribution in [2.45, 2.75) is 33.1 Å². The van der Waals surface area contributed by atoms with Gasteiger partial charge in [-0.2, -0.15) is 0 Å². The maximum atomic E-state index is 12.6. The summed E-state index contributed by atoms with van der Waals surface area (Å²) < 4.78 is 5.92. The van der Waals surface area contributed by atoms with Crippen molar-refractivity contribution in [3.63, 3.8) is 0 Å². The monoisotopic (exact) mass is 363 g/mol. The first-order valence-corrected chi connectivity index (χ1v) is 8.85. The lowest BCUT2D eigenvalue weighted by Crippen LogP contribution is -2.45. The summed E-state index contributed by atoms with van der Waals surface area (Å²) in [5, 5.41) is 4.30. The number of hydrogen-bond donors (Lipinski definition) is 2. The molecule has 0 spiro atoms. The molecule has 0 aliphatic carbocycles. The van der Waals surface area contributed by atoms with E-state index in [9.17, 15) is 9.59 Å². The molecule has 1 aromatic heterocycles. The second-order valence-corrected chi connectivity index (χ2v) is 6.89. The lowest BCUT2D eigenvalue weighted by atomic mass is 9.98. The summed E-state index contributed by atoms with van der Waals surface area (Å²) >= 11 is 6.21. The van der Waals surface area contributed by atoms with Crippen molar-refractivity contribution in [1.29, 1.82) is 0 Å². The number of carbonyl (C=O) groups is 2. The molecule has 2 aromatic rings. The summed E-state index contributed by atoms with van der Waals surface area (Å²) in [5.41, 5.74) is 7.57. The van der Waals surface area contributed by atoms with Gasteiger partial charge in [0.25, 0.3) is 0 Å². The number of urea groups is 1. The molecule has 3 N–H and O–H groups in total. The van der Waals surface area contributed by atoms with E-state index in [0.717, 1.165) is 36.0 Å². The summed E-state index contributed by atoms with van der Waals surface area (Å²) in [4.78, 5) is 25.6. The Morgan fingerprint density at radius 3 is 2.88 bits per heavy atom. The highest BCUT2D eigenvalue weighted by Gasteiger charge is 2.27. The van der Waals surface area contributed by atoms with Crippen LogP contribution in [-0.2, 0) is 11.2 Å². The van der Waals surface area contributed by atoms with Gasteiger partial charge < -0.3 is 20.4 Å². The molecule has 7 heteroatoms. The Morgan fingerprint density at radius 1 is 1.44 bits per heavy atom. The van der Waals surface area contributed by atoms with Crippen LogP contribution in [0.2, 0.25) is 5.02 Å². The van der Waals surface area contributed by atoms with Gasteiger partial charge in [-0.05, 0) is 37.5 Å². The number of nitrogens with one attached hydrogen (secondary N) is 1. The van der Waals surface area contributed by atoms with Gasteiger partial charge >= 0.3 is 6.03 Å². The predicted octanol–water partition coefficient (Wildman–Crippen LogP) is 3.69. The highest BCUT2D eigenvalue weighted by Crippen LogP contribution is 2.34. The summed E-state index contributed by atoms with van der Waals surface area (Å²) in [6.45, 7) is 4.93. The minimum Gasteiger partial charge on any atom is -0.459 e. The first-order valence-electron chi connectivity index (χ1n) is 8.47. The molecule has 3 rings (SSSR count). The van der Waals surface area contributed by atoms with E-state index in [0.29, 0.717) is 29.4 Å². The maximum Gasteiger partial charge on any atom is 0.321 e. The van der Waals surface area contributed by atoms with Gasteiger partial charge in [0.2, 0.25) is 5.91 Å². The van der Waals surface area contributed by atoms with Gasteiger partial charge in [0.15, 0.2) is 5.58 Å². The molecule has 0 unspecified atom stereocenters. The van der Waals surface area contributed by atoms with E-state index in [1.165, 1.54) is 0 Å². The Morgan fingerprint density at radius 2 is 2.20 bits per heavy atom. The van der Waals surface area contributed by atoms with Gasteiger partial charge in [-0.15, -0.1) is 0 Å². The summed E-state index contributed by atoms with van der Waals surface area (Å²) in [6, 6.07) is 3.25. The summed E-state index contributed by atoms with van der Waals surface area (Å²) in [7, 11) is 0. The predicted molar refractivity (Wildman–Crippen MR) is 97.8 cm³/mol. The first-order chi connectivity index (χ1) is 11.9. The Bertz CT molecular complexity index is 831. The number of amides is 3. The fourth-order valence-electron chi connectivity index (χ4n) is 3.35. The number of nitrogens with two attached hydrogens (primary N) is 1. The molecule has 25 heavy (non-hydrogen) atoms. The largest absolute Gasteiger partial charge is 0.459 e. The van der Waals surface area contributed by atoms with Gasteiger partial charge in [0.1, 0.15) is 5.76 Å². The highest BCUT2D eigenvalue weighted by molar-refractivity contribution is 6.32. The molecule has 3 amide bonds. The lowest BCUT2D eigenvalue weighted by Gasteiger charge is -2.31. The van der Waals surface area contributed by atoms with Gasteiger partial charge in [0, 0.05) is 29.9 Å². The second-order valence-electron chi connectivity index (χ2n) is 6.45. The number of piperidine rings is 1. The minimum absolute atomic E-state index is 0.276. The fraction of sp³-hybridized carbons (Fsp3) is 0.444. The van der Waals surface area contributed by atoms with E-state index in [2.05, 4.69) is 5.32 Å². The van der Waals surface area contributed by atoms with E-state index in [1.54, 1.807) is 11.0 Å². The quantitative estimate of drug-likeness (QED) is 0.871. The molecule has 1 aromatic carbocycles. The second kappa shape index (κ2) is 6.96. The number of halogens is 1.